The van der Waals surface area contributed by atoms with Crippen LogP contribution in [0.4, 0.5) is 0 Å². The first-order valence-corrected chi connectivity index (χ1v) is 7.10. The minimum atomic E-state index is -0.712. The number of carbonyl (C=O) groups excluding carboxylic acids is 1. The molecule has 5 heteroatoms. The number of nitrogens with zero attached hydrogens (tertiary/aromatic N) is 1. The maximum Gasteiger partial charge on any atom is 0.179 e. The van der Waals surface area contributed by atoms with E-state index >= 15 is 0 Å². The van der Waals surface area contributed by atoms with Crippen molar-refractivity contribution in [3.8, 4) is 17.6 Å². The van der Waals surface area contributed by atoms with E-state index in [4.69, 9.17) is 19.5 Å². The average Bonchev–Trinajstić information content (AvgIpc) is 2.61. The van der Waals surface area contributed by atoms with Gasteiger partial charge < -0.3 is 14.2 Å². The lowest BCUT2D eigenvalue weighted by Crippen LogP contribution is -2.09. The van der Waals surface area contributed by atoms with Gasteiger partial charge in [-0.3, -0.25) is 4.79 Å². The lowest BCUT2D eigenvalue weighted by atomic mass is 10.1. The van der Waals surface area contributed by atoms with E-state index in [1.807, 2.05) is 6.07 Å². The smallest absolute Gasteiger partial charge is 0.179 e. The van der Waals surface area contributed by atoms with Gasteiger partial charge in [0.1, 0.15) is 18.1 Å². The van der Waals surface area contributed by atoms with Crippen LogP contribution in [0.15, 0.2) is 48.5 Å². The van der Waals surface area contributed by atoms with Crippen LogP contribution in [-0.2, 0) is 9.53 Å². The van der Waals surface area contributed by atoms with Crippen LogP contribution in [0.25, 0.3) is 0 Å². The van der Waals surface area contributed by atoms with Crippen LogP contribution >= 0.6 is 0 Å². The first kappa shape index (κ1) is 16.5. The Labute approximate surface area is 135 Å². The van der Waals surface area contributed by atoms with Crippen molar-refractivity contribution in [2.45, 2.75) is 6.10 Å². The molecule has 0 amide bonds. The second kappa shape index (κ2) is 8.57. The van der Waals surface area contributed by atoms with Gasteiger partial charge in [-0.1, -0.05) is 12.1 Å². The summed E-state index contributed by atoms with van der Waals surface area (Å²) in [4.78, 5) is 11.3. The predicted molar refractivity (Wildman–Crippen MR) is 84.4 cm³/mol. The Balaban J connectivity index is 2.02. The maximum atomic E-state index is 11.3. The number of nitriles is 1. The zero-order valence-corrected chi connectivity index (χ0v) is 12.8. The molecule has 0 saturated heterocycles. The van der Waals surface area contributed by atoms with Gasteiger partial charge in [0.2, 0.25) is 0 Å². The third kappa shape index (κ3) is 4.83. The largest absolute Gasteiger partial charge is 0.491 e. The van der Waals surface area contributed by atoms with Crippen LogP contribution in [-0.4, -0.2) is 26.6 Å². The second-order valence-corrected chi connectivity index (χ2v) is 4.72. The summed E-state index contributed by atoms with van der Waals surface area (Å²) < 4.78 is 16.0. The van der Waals surface area contributed by atoms with Gasteiger partial charge in [0.25, 0.3) is 0 Å². The lowest BCUT2D eigenvalue weighted by Gasteiger charge is -2.14. The Morgan fingerprint density at radius 1 is 1.04 bits per heavy atom. The molecule has 0 aliphatic carbocycles. The molecule has 0 saturated carbocycles. The van der Waals surface area contributed by atoms with Crippen molar-refractivity contribution in [1.29, 1.82) is 5.26 Å². The molecule has 0 spiro atoms. The molecule has 23 heavy (non-hydrogen) atoms. The van der Waals surface area contributed by atoms with E-state index in [1.165, 1.54) is 0 Å². The molecule has 1 unspecified atom stereocenters. The molecule has 5 nitrogen and oxygen atoms in total. The van der Waals surface area contributed by atoms with Crippen LogP contribution in [0.2, 0.25) is 0 Å². The minimum Gasteiger partial charge on any atom is -0.491 e. The van der Waals surface area contributed by atoms with Crippen LogP contribution in [0.5, 0.6) is 11.5 Å². The number of aldehydes is 1. The Kier molecular flexibility index (Phi) is 6.16. The molecule has 0 heterocycles. The van der Waals surface area contributed by atoms with Crippen LogP contribution in [0.1, 0.15) is 17.2 Å². The lowest BCUT2D eigenvalue weighted by molar-refractivity contribution is -0.113. The Morgan fingerprint density at radius 2 is 1.70 bits per heavy atom. The molecule has 0 aromatic heterocycles. The molecule has 1 atom stereocenters. The van der Waals surface area contributed by atoms with Crippen molar-refractivity contribution in [3.05, 3.63) is 59.7 Å². The van der Waals surface area contributed by atoms with E-state index in [2.05, 4.69) is 0 Å². The van der Waals surface area contributed by atoms with E-state index in [9.17, 15) is 4.79 Å². The molecule has 2 aromatic carbocycles. The molecular formula is C18H17NO4. The highest BCUT2D eigenvalue weighted by Crippen LogP contribution is 2.23. The SMILES string of the molecule is COCCOc1ccc(C(C=O)Oc2ccc(C#N)cc2)cc1. The molecule has 118 valence electrons. The number of benzene rings is 2. The van der Waals surface area contributed by atoms with Crippen LogP contribution in [0.3, 0.4) is 0 Å². The fourth-order valence-corrected chi connectivity index (χ4v) is 1.93. The normalized spacial score (nSPS) is 11.3. The highest BCUT2D eigenvalue weighted by atomic mass is 16.5. The van der Waals surface area contributed by atoms with Gasteiger partial charge in [-0.15, -0.1) is 0 Å². The van der Waals surface area contributed by atoms with Gasteiger partial charge in [-0.2, -0.15) is 5.26 Å². The van der Waals surface area contributed by atoms with E-state index in [1.54, 1.807) is 55.6 Å². The molecule has 0 aliphatic rings. The zero-order chi connectivity index (χ0) is 16.5. The fraction of sp³-hybridized carbons (Fsp3) is 0.222. The summed E-state index contributed by atoms with van der Waals surface area (Å²) in [6, 6.07) is 15.8. The quantitative estimate of drug-likeness (QED) is 0.554. The summed E-state index contributed by atoms with van der Waals surface area (Å²) in [6.07, 6.45) is 0.0230. The molecule has 0 aliphatic heterocycles. The van der Waals surface area contributed by atoms with Gasteiger partial charge in [-0.05, 0) is 42.0 Å². The summed E-state index contributed by atoms with van der Waals surface area (Å²) in [7, 11) is 1.61. The van der Waals surface area contributed by atoms with Crippen molar-refractivity contribution in [2.75, 3.05) is 20.3 Å². The highest BCUT2D eigenvalue weighted by Gasteiger charge is 2.12. The average molecular weight is 311 g/mol. The predicted octanol–water partition coefficient (Wildman–Crippen LogP) is 2.90. The molecule has 0 bridgehead atoms. The van der Waals surface area contributed by atoms with Gasteiger partial charge in [-0.25, -0.2) is 0 Å². The fourth-order valence-electron chi connectivity index (χ4n) is 1.93. The van der Waals surface area contributed by atoms with Crippen molar-refractivity contribution < 1.29 is 19.0 Å². The summed E-state index contributed by atoms with van der Waals surface area (Å²) >= 11 is 0. The topological polar surface area (TPSA) is 68.6 Å². The Bertz CT molecular complexity index is 659. The van der Waals surface area contributed by atoms with Gasteiger partial charge in [0.15, 0.2) is 12.4 Å². The summed E-state index contributed by atoms with van der Waals surface area (Å²) in [5.41, 5.74) is 1.26. The summed E-state index contributed by atoms with van der Waals surface area (Å²) in [5, 5.41) is 8.77. The van der Waals surface area contributed by atoms with Crippen molar-refractivity contribution in [1.82, 2.24) is 0 Å². The monoisotopic (exact) mass is 311 g/mol. The maximum absolute atomic E-state index is 11.3. The third-order valence-electron chi connectivity index (χ3n) is 3.13. The van der Waals surface area contributed by atoms with E-state index in [0.29, 0.717) is 30.3 Å². The number of hydrogen-bond acceptors (Lipinski definition) is 5. The van der Waals surface area contributed by atoms with E-state index in [-0.39, 0.29) is 0 Å². The minimum absolute atomic E-state index is 0.467. The van der Waals surface area contributed by atoms with Crippen molar-refractivity contribution in [3.63, 3.8) is 0 Å². The molecule has 0 radical (unpaired) electrons. The highest BCUT2D eigenvalue weighted by molar-refractivity contribution is 5.61. The third-order valence-corrected chi connectivity index (χ3v) is 3.13. The standard InChI is InChI=1S/C18H17NO4/c1-21-10-11-22-16-8-4-15(5-9-16)18(13-20)23-17-6-2-14(12-19)3-7-17/h2-9,13,18H,10-11H2,1H3. The van der Waals surface area contributed by atoms with Crippen LogP contribution < -0.4 is 9.47 Å². The summed E-state index contributed by atoms with van der Waals surface area (Å²) in [6.45, 7) is 0.981. The zero-order valence-electron chi connectivity index (χ0n) is 12.8. The molecule has 2 rings (SSSR count). The molecule has 2 aromatic rings. The molecule has 0 fully saturated rings. The number of hydrogen-bond donors (Lipinski definition) is 0. The first-order valence-electron chi connectivity index (χ1n) is 7.10. The van der Waals surface area contributed by atoms with E-state index < -0.39 is 6.10 Å². The van der Waals surface area contributed by atoms with Gasteiger partial charge in [0.05, 0.1) is 18.2 Å². The van der Waals surface area contributed by atoms with Crippen molar-refractivity contribution >= 4 is 6.29 Å². The van der Waals surface area contributed by atoms with E-state index in [0.717, 1.165) is 11.8 Å². The van der Waals surface area contributed by atoms with Crippen molar-refractivity contribution in [2.24, 2.45) is 0 Å². The molecular weight excluding hydrogens is 294 g/mol. The second-order valence-electron chi connectivity index (χ2n) is 4.72. The number of carbonyl (C=O) groups is 1. The first-order chi connectivity index (χ1) is 11.3. The van der Waals surface area contributed by atoms with Gasteiger partial charge >= 0.3 is 0 Å². The van der Waals surface area contributed by atoms with Crippen LogP contribution in [0, 0.1) is 11.3 Å². The Hall–Kier alpha value is -2.84. The van der Waals surface area contributed by atoms with Gasteiger partial charge in [0, 0.05) is 7.11 Å². The summed E-state index contributed by atoms with van der Waals surface area (Å²) in [5.74, 6) is 1.23. The number of methoxy groups -OCH3 is 1. The number of rotatable bonds is 8. The Morgan fingerprint density at radius 3 is 2.26 bits per heavy atom. The number of ether oxygens (including phenoxy) is 3. The molecule has 0 N–H and O–H groups in total.